The van der Waals surface area contributed by atoms with Crippen LogP contribution in [0.15, 0.2) is 27.8 Å². The van der Waals surface area contributed by atoms with Crippen molar-refractivity contribution in [1.82, 2.24) is 35.4 Å². The molecule has 0 bridgehead atoms. The normalized spacial score (nSPS) is 25.8. The molecule has 19 heteroatoms. The average molecular weight is 624 g/mol. The van der Waals surface area contributed by atoms with E-state index in [0.29, 0.717) is 0 Å². The zero-order valence-electron chi connectivity index (χ0n) is 21.3. The first kappa shape index (κ1) is 28.8. The zero-order valence-corrected chi connectivity index (χ0v) is 23.7. The highest BCUT2D eigenvalue weighted by molar-refractivity contribution is 8.00. The lowest BCUT2D eigenvalue weighted by Gasteiger charge is -2.53. The van der Waals surface area contributed by atoms with E-state index >= 15 is 0 Å². The number of nitrogens with zero attached hydrogens (tertiary/aromatic N) is 7. The van der Waals surface area contributed by atoms with Crippen molar-refractivity contribution in [2.45, 2.75) is 48.5 Å². The van der Waals surface area contributed by atoms with Crippen LogP contribution in [-0.2, 0) is 30.6 Å². The number of carbonyl (C=O) groups excluding carboxylic acids is 2. The number of amides is 2. The monoisotopic (exact) mass is 623 g/mol. The number of hydrogen-bond acceptors (Lipinski definition) is 14. The van der Waals surface area contributed by atoms with Crippen LogP contribution in [0.25, 0.3) is 0 Å². The number of anilines is 1. The number of nitrogens with two attached hydrogens (primary N) is 1. The fourth-order valence-electron chi connectivity index (χ4n) is 4.44. The molecule has 3 unspecified atom stereocenters. The van der Waals surface area contributed by atoms with Gasteiger partial charge in [-0.15, -0.1) is 28.2 Å². The molecule has 0 spiro atoms. The van der Waals surface area contributed by atoms with Gasteiger partial charge in [-0.1, -0.05) is 23.0 Å². The number of carboxylic acid groups (broad SMARTS) is 2. The fourth-order valence-corrected chi connectivity index (χ4v) is 7.72. The number of allylic oxidation sites excluding steroid dienone is 1. The second kappa shape index (κ2) is 12.0. The molecule has 218 valence electrons. The minimum Gasteiger partial charge on any atom is -0.481 e. The summed E-state index contributed by atoms with van der Waals surface area (Å²) in [4.78, 5) is 60.9. The Labute approximate surface area is 244 Å². The van der Waals surface area contributed by atoms with Gasteiger partial charge in [-0.05, 0) is 35.8 Å². The number of carboxylic acids is 2. The number of tetrazole rings is 1. The maximum Gasteiger partial charge on any atom is 0.325 e. The highest BCUT2D eigenvalue weighted by Crippen LogP contribution is 2.44. The van der Waals surface area contributed by atoms with Gasteiger partial charge in [-0.2, -0.15) is 0 Å². The molecule has 16 nitrogen and oxygen atoms in total. The Morgan fingerprint density at radius 3 is 2.85 bits per heavy atom. The number of hydrogen-bond donors (Lipinski definition) is 4. The van der Waals surface area contributed by atoms with Crippen molar-refractivity contribution in [2.24, 2.45) is 10.6 Å². The SMILES string of the molecule is Nc1nc(C(=NOC2C=CCCC2)C(=O)NC2C(=O)N3CC(CSc4nnnn4CC(=O)O)(C(=O)O)CS[C@H]23)cs1. The summed E-state index contributed by atoms with van der Waals surface area (Å²) in [7, 11) is 0. The van der Waals surface area contributed by atoms with Crippen molar-refractivity contribution >= 4 is 69.5 Å². The van der Waals surface area contributed by atoms with E-state index in [9.17, 15) is 24.3 Å². The number of thioether (sulfide) groups is 2. The number of β-lactam (4-membered cyclic amide) rings is 1. The predicted molar refractivity (Wildman–Crippen MR) is 147 cm³/mol. The molecule has 5 rings (SSSR count). The minimum atomic E-state index is -1.34. The Balaban J connectivity index is 1.25. The van der Waals surface area contributed by atoms with E-state index in [2.05, 4.69) is 31.0 Å². The second-order valence-corrected chi connectivity index (χ2v) is 12.5. The molecule has 2 aromatic heterocycles. The number of nitrogen functional groups attached to an aromatic ring is 1. The molecule has 4 atom stereocenters. The first-order valence-corrected chi connectivity index (χ1v) is 15.3. The van der Waals surface area contributed by atoms with Crippen LogP contribution in [-0.4, -0.2) is 105 Å². The maximum atomic E-state index is 13.3. The topological polar surface area (TPSA) is 228 Å². The van der Waals surface area contributed by atoms with E-state index in [0.717, 1.165) is 47.0 Å². The van der Waals surface area contributed by atoms with Crippen molar-refractivity contribution in [3.8, 4) is 0 Å². The van der Waals surface area contributed by atoms with Crippen molar-refractivity contribution in [1.29, 1.82) is 0 Å². The Morgan fingerprint density at radius 1 is 1.34 bits per heavy atom. The van der Waals surface area contributed by atoms with Gasteiger partial charge in [0.05, 0.1) is 0 Å². The Hall–Kier alpha value is -3.71. The molecule has 41 heavy (non-hydrogen) atoms. The third-order valence-corrected chi connectivity index (χ3v) is 10.1. The van der Waals surface area contributed by atoms with E-state index in [1.54, 1.807) is 5.38 Å². The standard InChI is InChI=1S/C22H25N9O7S3/c23-20-24-12(7-39-20)14(27-38-11-4-2-1-3-5-11)16(34)25-15-17(35)30-8-22(19(36)37,9-40-18(15)30)10-41-21-26-28-29-31(21)6-13(32)33/h2,4,7,11,15,18H,1,3,5-6,8-10H2,(H2,23,24)(H,25,34)(H,32,33)(H,36,37)/t11?,15?,18-,22?/m1/s1. The van der Waals surface area contributed by atoms with Gasteiger partial charge >= 0.3 is 11.9 Å². The predicted octanol–water partition coefficient (Wildman–Crippen LogP) is -0.111. The summed E-state index contributed by atoms with van der Waals surface area (Å²) in [5, 5.41) is 38.2. The van der Waals surface area contributed by atoms with E-state index in [1.165, 1.54) is 16.7 Å². The lowest BCUT2D eigenvalue weighted by atomic mass is 9.89. The third kappa shape index (κ3) is 6.15. The Morgan fingerprint density at radius 2 is 2.17 bits per heavy atom. The van der Waals surface area contributed by atoms with Gasteiger partial charge in [0.15, 0.2) is 10.8 Å². The number of aliphatic carboxylic acids is 2. The van der Waals surface area contributed by atoms with Crippen LogP contribution < -0.4 is 11.1 Å². The molecule has 2 aromatic rings. The smallest absolute Gasteiger partial charge is 0.325 e. The summed E-state index contributed by atoms with van der Waals surface area (Å²) in [5.41, 5.74) is 4.52. The van der Waals surface area contributed by atoms with Gasteiger partial charge in [0.1, 0.15) is 35.2 Å². The molecule has 4 heterocycles. The Bertz CT molecular complexity index is 1410. The highest BCUT2D eigenvalue weighted by Gasteiger charge is 2.57. The van der Waals surface area contributed by atoms with Crippen LogP contribution >= 0.6 is 34.9 Å². The van der Waals surface area contributed by atoms with Crippen LogP contribution in [0.1, 0.15) is 25.0 Å². The van der Waals surface area contributed by atoms with Crippen molar-refractivity contribution < 1.29 is 34.2 Å². The lowest BCUT2D eigenvalue weighted by molar-refractivity contribution is -0.157. The molecule has 3 aliphatic rings. The molecule has 2 amide bonds. The van der Waals surface area contributed by atoms with Crippen molar-refractivity contribution in [3.05, 3.63) is 23.2 Å². The quantitative estimate of drug-likeness (QED) is 0.0842. The average Bonchev–Trinajstić information content (AvgIpc) is 3.59. The second-order valence-electron chi connectivity index (χ2n) is 9.52. The minimum absolute atomic E-state index is 0.00213. The number of aromatic nitrogens is 5. The molecule has 2 saturated heterocycles. The van der Waals surface area contributed by atoms with Crippen LogP contribution in [0, 0.1) is 5.41 Å². The number of carbonyl (C=O) groups is 4. The first-order chi connectivity index (χ1) is 19.7. The van der Waals surface area contributed by atoms with Gasteiger partial charge in [0.25, 0.3) is 5.91 Å². The molecular formula is C22H25N9O7S3. The zero-order chi connectivity index (χ0) is 29.1. The van der Waals surface area contributed by atoms with E-state index < -0.39 is 47.1 Å². The summed E-state index contributed by atoms with van der Waals surface area (Å²) in [6, 6.07) is -0.898. The summed E-state index contributed by atoms with van der Waals surface area (Å²) in [5.74, 6) is -3.22. The number of nitrogens with one attached hydrogen (secondary N) is 1. The summed E-state index contributed by atoms with van der Waals surface area (Å²) in [6.45, 7) is -0.571. The number of oxime groups is 1. The fraction of sp³-hybridized carbons (Fsp3) is 0.500. The lowest BCUT2D eigenvalue weighted by Crippen LogP contribution is -2.74. The maximum absolute atomic E-state index is 13.3. The molecule has 5 N–H and O–H groups in total. The molecule has 1 aliphatic carbocycles. The largest absolute Gasteiger partial charge is 0.481 e. The van der Waals surface area contributed by atoms with Crippen LogP contribution in [0.5, 0.6) is 0 Å². The van der Waals surface area contributed by atoms with Gasteiger partial charge in [-0.3, -0.25) is 19.2 Å². The number of thiazole rings is 1. The van der Waals surface area contributed by atoms with Crippen molar-refractivity contribution in [2.75, 3.05) is 23.8 Å². The molecule has 0 saturated carbocycles. The number of fused-ring (bicyclic) bond motifs is 1. The van der Waals surface area contributed by atoms with Crippen molar-refractivity contribution in [3.63, 3.8) is 0 Å². The molecule has 2 fully saturated rings. The summed E-state index contributed by atoms with van der Waals surface area (Å²) >= 11 is 3.37. The molecule has 0 radical (unpaired) electrons. The molecular weight excluding hydrogens is 598 g/mol. The Kier molecular flexibility index (Phi) is 8.45. The van der Waals surface area contributed by atoms with E-state index in [1.807, 2.05) is 12.2 Å². The summed E-state index contributed by atoms with van der Waals surface area (Å²) in [6.07, 6.45) is 6.21. The van der Waals surface area contributed by atoms with Gasteiger partial charge in [0.2, 0.25) is 11.1 Å². The van der Waals surface area contributed by atoms with Crippen LogP contribution in [0.2, 0.25) is 0 Å². The van der Waals surface area contributed by atoms with Gasteiger partial charge in [-0.25, -0.2) is 9.67 Å². The third-order valence-electron chi connectivity index (χ3n) is 6.62. The number of rotatable bonds is 11. The first-order valence-electron chi connectivity index (χ1n) is 12.4. The highest BCUT2D eigenvalue weighted by atomic mass is 32.2. The molecule has 0 aromatic carbocycles. The summed E-state index contributed by atoms with van der Waals surface area (Å²) < 4.78 is 1.06. The molecule has 2 aliphatic heterocycles. The van der Waals surface area contributed by atoms with Crippen LogP contribution in [0.4, 0.5) is 5.13 Å². The van der Waals surface area contributed by atoms with E-state index in [-0.39, 0.29) is 45.8 Å². The van der Waals surface area contributed by atoms with Gasteiger partial charge < -0.3 is 31.0 Å². The van der Waals surface area contributed by atoms with Gasteiger partial charge in [0, 0.05) is 23.4 Å². The van der Waals surface area contributed by atoms with Crippen LogP contribution in [0.3, 0.4) is 0 Å². The van der Waals surface area contributed by atoms with E-state index in [4.69, 9.17) is 15.7 Å².